The molecule has 41 heavy (non-hydrogen) atoms. The summed E-state index contributed by atoms with van der Waals surface area (Å²) in [7, 11) is -0.525. The van der Waals surface area contributed by atoms with Gasteiger partial charge in [-0.05, 0) is 43.8 Å². The van der Waals surface area contributed by atoms with Crippen molar-refractivity contribution >= 4 is 27.6 Å². The lowest BCUT2D eigenvalue weighted by Gasteiger charge is -2.38. The number of rotatable bonds is 10. The number of amides is 1. The van der Waals surface area contributed by atoms with Gasteiger partial charge in [-0.25, -0.2) is 9.78 Å². The third-order valence-corrected chi connectivity index (χ3v) is 8.29. The summed E-state index contributed by atoms with van der Waals surface area (Å²) in [6, 6.07) is 10.8. The quantitative estimate of drug-likeness (QED) is 0.325. The van der Waals surface area contributed by atoms with Gasteiger partial charge in [0.2, 0.25) is 0 Å². The number of benzene rings is 2. The van der Waals surface area contributed by atoms with E-state index in [0.29, 0.717) is 19.6 Å². The summed E-state index contributed by atoms with van der Waals surface area (Å²) in [5.41, 5.74) is 1.39. The Balaban J connectivity index is 1.67. The Kier molecular flexibility index (Phi) is 9.00. The number of carboxylic acids is 1. The van der Waals surface area contributed by atoms with E-state index in [-0.39, 0.29) is 46.0 Å². The number of aliphatic hydroxyl groups excluding tert-OH is 1. The van der Waals surface area contributed by atoms with Gasteiger partial charge in [-0.3, -0.25) is 14.4 Å². The average Bonchev–Trinajstić information content (AvgIpc) is 3.38. The number of hydrogen-bond acceptors (Lipinski definition) is 8. The van der Waals surface area contributed by atoms with Crippen molar-refractivity contribution < 1.29 is 33.0 Å². The van der Waals surface area contributed by atoms with Gasteiger partial charge >= 0.3 is 5.97 Å². The van der Waals surface area contributed by atoms with Crippen molar-refractivity contribution in [1.29, 1.82) is 0 Å². The first-order chi connectivity index (χ1) is 19.4. The Labute approximate surface area is 239 Å². The number of carbonyl (C=O) groups excluding carboxylic acids is 1. The van der Waals surface area contributed by atoms with Gasteiger partial charge < -0.3 is 24.4 Å². The van der Waals surface area contributed by atoms with Gasteiger partial charge in [-0.1, -0.05) is 25.1 Å². The number of imidazole rings is 1. The number of likely N-dealkylation sites (N-methyl/N-ethyl adjacent to an activating group) is 1. The number of carboxylic acid groups (broad SMARTS) is 1. The predicted octanol–water partition coefficient (Wildman–Crippen LogP) is 2.27. The lowest BCUT2D eigenvalue weighted by atomic mass is 9.99. The minimum atomic E-state index is -4.08. The number of nitrogens with zero attached hydrogens (tertiary/aromatic N) is 4. The first-order valence-electron chi connectivity index (χ1n) is 13.1. The number of aliphatic hydroxyl groups is 1. The van der Waals surface area contributed by atoms with Crippen molar-refractivity contribution in [3.05, 3.63) is 71.7 Å². The Morgan fingerprint density at radius 2 is 1.95 bits per heavy atom. The Bertz CT molecular complexity index is 1510. The van der Waals surface area contributed by atoms with E-state index in [4.69, 9.17) is 4.74 Å². The average molecular weight is 586 g/mol. The van der Waals surface area contributed by atoms with Crippen LogP contribution in [-0.4, -0.2) is 88.7 Å². The molecule has 12 nitrogen and oxygen atoms in total. The van der Waals surface area contributed by atoms with Crippen LogP contribution in [0.3, 0.4) is 0 Å². The molecule has 3 N–H and O–H groups in total. The molecule has 1 aliphatic heterocycles. The maximum Gasteiger partial charge on any atom is 0.335 e. The second kappa shape index (κ2) is 12.3. The lowest BCUT2D eigenvalue weighted by Crippen LogP contribution is -2.49. The summed E-state index contributed by atoms with van der Waals surface area (Å²) >= 11 is 0. The van der Waals surface area contributed by atoms with Gasteiger partial charge in [0.25, 0.3) is 15.9 Å². The molecular formula is C28H35N5O7S. The van der Waals surface area contributed by atoms with Crippen molar-refractivity contribution in [2.45, 2.75) is 37.6 Å². The molecule has 3 aromatic rings. The third kappa shape index (κ3) is 6.87. The van der Waals surface area contributed by atoms with E-state index in [2.05, 4.69) is 9.71 Å². The molecule has 0 bridgehead atoms. The minimum Gasteiger partial charge on any atom is -0.486 e. The molecule has 0 aliphatic carbocycles. The van der Waals surface area contributed by atoms with Crippen LogP contribution in [0, 0.1) is 5.92 Å². The molecule has 2 heterocycles. The van der Waals surface area contributed by atoms with Gasteiger partial charge in [0, 0.05) is 38.8 Å². The zero-order chi connectivity index (χ0) is 29.9. The molecule has 220 valence electrons. The molecule has 1 aromatic heterocycles. The lowest BCUT2D eigenvalue weighted by molar-refractivity contribution is 0.0343. The van der Waals surface area contributed by atoms with E-state index in [0.717, 1.165) is 5.56 Å². The number of carbonyl (C=O) groups is 2. The number of fused-ring (bicyclic) bond motifs is 1. The van der Waals surface area contributed by atoms with E-state index >= 15 is 0 Å². The highest BCUT2D eigenvalue weighted by molar-refractivity contribution is 7.92. The van der Waals surface area contributed by atoms with Crippen LogP contribution in [0.15, 0.2) is 60.0 Å². The minimum absolute atomic E-state index is 0.0999. The van der Waals surface area contributed by atoms with Crippen molar-refractivity contribution in [2.24, 2.45) is 13.0 Å². The first kappa shape index (κ1) is 30.0. The van der Waals surface area contributed by atoms with Crippen LogP contribution >= 0.6 is 0 Å². The predicted molar refractivity (Wildman–Crippen MR) is 151 cm³/mol. The smallest absolute Gasteiger partial charge is 0.335 e. The fraction of sp³-hybridized carbons (Fsp3) is 0.393. The summed E-state index contributed by atoms with van der Waals surface area (Å²) < 4.78 is 36.8. The first-order valence-corrected chi connectivity index (χ1v) is 14.6. The molecule has 0 spiro atoms. The highest BCUT2D eigenvalue weighted by Crippen LogP contribution is 2.36. The summed E-state index contributed by atoms with van der Waals surface area (Å²) in [5.74, 6) is -1.47. The summed E-state index contributed by atoms with van der Waals surface area (Å²) in [5, 5.41) is 18.9. The number of anilines is 1. The number of aromatic carboxylic acids is 1. The van der Waals surface area contributed by atoms with Crippen molar-refractivity contribution in [1.82, 2.24) is 19.4 Å². The molecule has 1 aliphatic rings. The van der Waals surface area contributed by atoms with Crippen molar-refractivity contribution in [2.75, 3.05) is 31.5 Å². The SMILES string of the molecule is C[C@H](CO)N1C[C@H](C)[C@@H](CN(C)Cc2ccc(C(=O)O)cc2)Oc2c(NS(=O)(=O)c3cn(C)cn3)cccc2C1=O. The summed E-state index contributed by atoms with van der Waals surface area (Å²) in [6.45, 7) is 4.69. The molecule has 13 heteroatoms. The fourth-order valence-corrected chi connectivity index (χ4v) is 5.75. The highest BCUT2D eigenvalue weighted by Gasteiger charge is 2.35. The number of aryl methyl sites for hydroxylation is 1. The monoisotopic (exact) mass is 585 g/mol. The fourth-order valence-electron chi connectivity index (χ4n) is 4.70. The van der Waals surface area contributed by atoms with E-state index in [9.17, 15) is 28.2 Å². The van der Waals surface area contributed by atoms with E-state index < -0.39 is 28.1 Å². The molecule has 3 atom stereocenters. The number of sulfonamides is 1. The molecule has 4 rings (SSSR count). The Morgan fingerprint density at radius 1 is 1.24 bits per heavy atom. The van der Waals surface area contributed by atoms with Gasteiger partial charge in [0.15, 0.2) is 10.8 Å². The number of aromatic nitrogens is 2. The van der Waals surface area contributed by atoms with E-state index in [1.165, 1.54) is 23.2 Å². The van der Waals surface area contributed by atoms with Crippen LogP contribution in [0.5, 0.6) is 5.75 Å². The van der Waals surface area contributed by atoms with Crippen LogP contribution in [0.25, 0.3) is 0 Å². The maximum absolute atomic E-state index is 13.7. The summed E-state index contributed by atoms with van der Waals surface area (Å²) in [6.07, 6.45) is 2.27. The maximum atomic E-state index is 13.7. The second-order valence-electron chi connectivity index (χ2n) is 10.5. The zero-order valence-corrected chi connectivity index (χ0v) is 24.2. The van der Waals surface area contributed by atoms with Gasteiger partial charge in [-0.15, -0.1) is 0 Å². The van der Waals surface area contributed by atoms with Crippen molar-refractivity contribution in [3.63, 3.8) is 0 Å². The van der Waals surface area contributed by atoms with Gasteiger partial charge in [0.05, 0.1) is 35.8 Å². The third-order valence-electron chi connectivity index (χ3n) is 7.04. The highest BCUT2D eigenvalue weighted by atomic mass is 32.2. The van der Waals surface area contributed by atoms with Crippen molar-refractivity contribution in [3.8, 4) is 5.75 Å². The molecule has 0 radical (unpaired) electrons. The topological polar surface area (TPSA) is 154 Å². The molecular weight excluding hydrogens is 550 g/mol. The molecule has 0 fully saturated rings. The van der Waals surface area contributed by atoms with Crippen LogP contribution in [0.1, 0.15) is 40.1 Å². The Morgan fingerprint density at radius 3 is 2.56 bits per heavy atom. The Hall–Kier alpha value is -3.94. The second-order valence-corrected chi connectivity index (χ2v) is 12.1. The number of ether oxygens (including phenoxy) is 1. The van der Waals surface area contributed by atoms with Crippen LogP contribution in [-0.2, 0) is 23.6 Å². The molecule has 0 saturated heterocycles. The summed E-state index contributed by atoms with van der Waals surface area (Å²) in [4.78, 5) is 32.4. The molecule has 0 saturated carbocycles. The molecule has 0 unspecified atom stereocenters. The van der Waals surface area contributed by atoms with Gasteiger partial charge in [0.1, 0.15) is 6.10 Å². The number of hydrogen-bond donors (Lipinski definition) is 3. The zero-order valence-electron chi connectivity index (χ0n) is 23.4. The normalized spacial score (nSPS) is 18.3. The molecule has 2 aromatic carbocycles. The van der Waals surface area contributed by atoms with Crippen LogP contribution in [0.2, 0.25) is 0 Å². The standard InChI is InChI=1S/C28H35N5O7S/c1-18-12-33(19(2)16-34)27(35)22-6-5-7-23(30-41(38,39)25-15-32(4)17-29-25)26(22)40-24(18)14-31(3)13-20-8-10-21(11-9-20)28(36)37/h5-11,15,17-19,24,30,34H,12-14,16H2,1-4H3,(H,36,37)/t18-,19+,24+/m0/s1. The molecule has 1 amide bonds. The van der Waals surface area contributed by atoms with Crippen LogP contribution in [0.4, 0.5) is 5.69 Å². The van der Waals surface area contributed by atoms with Crippen LogP contribution < -0.4 is 9.46 Å². The van der Waals surface area contributed by atoms with E-state index in [1.807, 2.05) is 18.9 Å². The largest absolute Gasteiger partial charge is 0.486 e. The number of nitrogens with one attached hydrogen (secondary N) is 1. The van der Waals surface area contributed by atoms with E-state index in [1.54, 1.807) is 55.3 Å². The van der Waals surface area contributed by atoms with Gasteiger partial charge in [-0.2, -0.15) is 8.42 Å². The number of para-hydroxylation sites is 1.